The van der Waals surface area contributed by atoms with Crippen LogP contribution < -0.4 is 10.6 Å². The second kappa shape index (κ2) is 10.1. The molecular weight excluding hydrogens is 324 g/mol. The number of nitrogens with zero attached hydrogens (tertiary/aromatic N) is 2. The SMILES string of the molecule is CSCC(CCO)NC(=O)c1ccn(C2CCCNC2)n1.Cl. The summed E-state index contributed by atoms with van der Waals surface area (Å²) < 4.78 is 1.89. The van der Waals surface area contributed by atoms with Crippen LogP contribution in [0.4, 0.5) is 0 Å². The van der Waals surface area contributed by atoms with Gasteiger partial charge < -0.3 is 15.7 Å². The summed E-state index contributed by atoms with van der Waals surface area (Å²) in [7, 11) is 0. The maximum Gasteiger partial charge on any atom is 0.272 e. The lowest BCUT2D eigenvalue weighted by Gasteiger charge is -2.23. The molecule has 1 aliphatic rings. The molecule has 0 aliphatic carbocycles. The number of nitrogens with one attached hydrogen (secondary N) is 2. The molecule has 1 fully saturated rings. The normalized spacial score (nSPS) is 19.3. The van der Waals surface area contributed by atoms with Gasteiger partial charge in [-0.3, -0.25) is 9.48 Å². The Kier molecular flexibility index (Phi) is 8.85. The number of halogens is 1. The molecule has 1 aromatic heterocycles. The largest absolute Gasteiger partial charge is 0.396 e. The molecular formula is C14H25ClN4O2S. The molecule has 2 rings (SSSR count). The van der Waals surface area contributed by atoms with E-state index >= 15 is 0 Å². The second-order valence-corrected chi connectivity index (χ2v) is 6.23. The Morgan fingerprint density at radius 2 is 2.50 bits per heavy atom. The Bertz CT molecular complexity index is 446. The number of rotatable bonds is 7. The molecule has 0 spiro atoms. The van der Waals surface area contributed by atoms with Crippen molar-refractivity contribution >= 4 is 30.1 Å². The minimum absolute atomic E-state index is 0. The van der Waals surface area contributed by atoms with E-state index in [1.165, 1.54) is 0 Å². The zero-order valence-electron chi connectivity index (χ0n) is 12.8. The summed E-state index contributed by atoms with van der Waals surface area (Å²) in [4.78, 5) is 12.2. The number of carbonyl (C=O) groups is 1. The number of piperidine rings is 1. The Labute approximate surface area is 141 Å². The van der Waals surface area contributed by atoms with Gasteiger partial charge in [0.1, 0.15) is 5.69 Å². The summed E-state index contributed by atoms with van der Waals surface area (Å²) in [6, 6.07) is 2.08. The number of aliphatic hydroxyl groups excluding tert-OH is 1. The molecule has 2 atom stereocenters. The molecule has 0 bridgehead atoms. The average molecular weight is 349 g/mol. The van der Waals surface area contributed by atoms with Crippen molar-refractivity contribution < 1.29 is 9.90 Å². The summed E-state index contributed by atoms with van der Waals surface area (Å²) in [6.07, 6.45) is 6.66. The molecule has 6 nitrogen and oxygen atoms in total. The van der Waals surface area contributed by atoms with Gasteiger partial charge in [0.2, 0.25) is 0 Å². The number of amides is 1. The number of hydrogen-bond acceptors (Lipinski definition) is 5. The molecule has 0 aromatic carbocycles. The number of aliphatic hydroxyl groups is 1. The Balaban J connectivity index is 0.00000242. The fraction of sp³-hybridized carbons (Fsp3) is 0.714. The van der Waals surface area contributed by atoms with Crippen LogP contribution in [0.25, 0.3) is 0 Å². The van der Waals surface area contributed by atoms with Gasteiger partial charge in [0.15, 0.2) is 0 Å². The highest BCUT2D eigenvalue weighted by Crippen LogP contribution is 2.15. The predicted octanol–water partition coefficient (Wildman–Crippen LogP) is 1.07. The van der Waals surface area contributed by atoms with E-state index in [0.717, 1.165) is 31.7 Å². The second-order valence-electron chi connectivity index (χ2n) is 5.32. The summed E-state index contributed by atoms with van der Waals surface area (Å²) >= 11 is 1.66. The maximum absolute atomic E-state index is 12.2. The molecule has 3 N–H and O–H groups in total. The summed E-state index contributed by atoms with van der Waals surface area (Å²) in [5.74, 6) is 0.629. The highest BCUT2D eigenvalue weighted by Gasteiger charge is 2.19. The van der Waals surface area contributed by atoms with Crippen LogP contribution in [0.5, 0.6) is 0 Å². The summed E-state index contributed by atoms with van der Waals surface area (Å²) in [5.41, 5.74) is 0.449. The first-order valence-corrected chi connectivity index (χ1v) is 8.80. The first-order chi connectivity index (χ1) is 10.2. The van der Waals surface area contributed by atoms with Crippen LogP contribution in [-0.2, 0) is 0 Å². The van der Waals surface area contributed by atoms with E-state index in [2.05, 4.69) is 15.7 Å². The average Bonchev–Trinajstić information content (AvgIpc) is 2.98. The van der Waals surface area contributed by atoms with Crippen molar-refractivity contribution in [2.24, 2.45) is 0 Å². The highest BCUT2D eigenvalue weighted by atomic mass is 35.5. The van der Waals surface area contributed by atoms with E-state index in [4.69, 9.17) is 5.11 Å². The van der Waals surface area contributed by atoms with Gasteiger partial charge in [-0.15, -0.1) is 12.4 Å². The monoisotopic (exact) mass is 348 g/mol. The third-order valence-corrected chi connectivity index (χ3v) is 4.40. The van der Waals surface area contributed by atoms with E-state index in [0.29, 0.717) is 18.2 Å². The number of hydrogen-bond donors (Lipinski definition) is 3. The fourth-order valence-corrected chi connectivity index (χ4v) is 3.19. The standard InChI is InChI=1S/C14H24N4O2S.ClH/c1-21-10-11(5-8-19)16-14(20)13-4-7-18(17-13)12-3-2-6-15-9-12;/h4,7,11-12,15,19H,2-3,5-6,8-10H2,1H3,(H,16,20);1H. The maximum atomic E-state index is 12.2. The molecule has 1 aliphatic heterocycles. The molecule has 22 heavy (non-hydrogen) atoms. The van der Waals surface area contributed by atoms with Crippen molar-refractivity contribution in [1.82, 2.24) is 20.4 Å². The zero-order chi connectivity index (χ0) is 15.1. The van der Waals surface area contributed by atoms with E-state index in [-0.39, 0.29) is 31.0 Å². The van der Waals surface area contributed by atoms with Gasteiger partial charge in [0.05, 0.1) is 6.04 Å². The van der Waals surface area contributed by atoms with Crippen LogP contribution in [0.15, 0.2) is 12.3 Å². The van der Waals surface area contributed by atoms with E-state index < -0.39 is 0 Å². The third-order valence-electron chi connectivity index (χ3n) is 3.67. The van der Waals surface area contributed by atoms with Crippen LogP contribution in [-0.4, -0.2) is 58.5 Å². The molecule has 1 amide bonds. The van der Waals surface area contributed by atoms with Crippen molar-refractivity contribution in [3.05, 3.63) is 18.0 Å². The van der Waals surface area contributed by atoms with Gasteiger partial charge in [0.25, 0.3) is 5.91 Å². The lowest BCUT2D eigenvalue weighted by molar-refractivity contribution is 0.0929. The lowest BCUT2D eigenvalue weighted by Crippen LogP contribution is -2.37. The first kappa shape index (κ1) is 19.3. The third kappa shape index (κ3) is 5.46. The van der Waals surface area contributed by atoms with Gasteiger partial charge in [-0.1, -0.05) is 0 Å². The predicted molar refractivity (Wildman–Crippen MR) is 92.0 cm³/mol. The molecule has 126 valence electrons. The number of carbonyl (C=O) groups excluding carboxylic acids is 1. The van der Waals surface area contributed by atoms with E-state index in [1.54, 1.807) is 17.8 Å². The van der Waals surface area contributed by atoms with Crippen LogP contribution >= 0.6 is 24.2 Å². The molecule has 1 saturated heterocycles. The van der Waals surface area contributed by atoms with Gasteiger partial charge in [0, 0.05) is 31.1 Å². The topological polar surface area (TPSA) is 79.2 Å². The smallest absolute Gasteiger partial charge is 0.272 e. The van der Waals surface area contributed by atoms with Gasteiger partial charge >= 0.3 is 0 Å². The van der Waals surface area contributed by atoms with Crippen LogP contribution in [0.3, 0.4) is 0 Å². The fourth-order valence-electron chi connectivity index (χ4n) is 2.54. The van der Waals surface area contributed by atoms with Crippen molar-refractivity contribution in [1.29, 1.82) is 0 Å². The zero-order valence-corrected chi connectivity index (χ0v) is 14.5. The lowest BCUT2D eigenvalue weighted by atomic mass is 10.1. The van der Waals surface area contributed by atoms with Crippen LogP contribution in [0.1, 0.15) is 35.8 Å². The number of thioether (sulfide) groups is 1. The molecule has 1 aromatic rings. The van der Waals surface area contributed by atoms with E-state index in [9.17, 15) is 4.79 Å². The van der Waals surface area contributed by atoms with Gasteiger partial charge in [-0.2, -0.15) is 16.9 Å². The minimum atomic E-state index is -0.162. The quantitative estimate of drug-likeness (QED) is 0.687. The summed E-state index contributed by atoms with van der Waals surface area (Å²) in [6.45, 7) is 2.04. The number of aromatic nitrogens is 2. The van der Waals surface area contributed by atoms with Gasteiger partial charge in [-0.25, -0.2) is 0 Å². The molecule has 0 radical (unpaired) electrons. The highest BCUT2D eigenvalue weighted by molar-refractivity contribution is 7.98. The van der Waals surface area contributed by atoms with Gasteiger partial charge in [-0.05, 0) is 38.1 Å². The Morgan fingerprint density at radius 1 is 1.68 bits per heavy atom. The molecule has 8 heteroatoms. The Hall–Kier alpha value is -0.760. The summed E-state index contributed by atoms with van der Waals surface area (Å²) in [5, 5.41) is 19.7. The molecule has 2 unspecified atom stereocenters. The van der Waals surface area contributed by atoms with Crippen LogP contribution in [0, 0.1) is 0 Å². The van der Waals surface area contributed by atoms with Crippen molar-refractivity contribution in [2.75, 3.05) is 31.7 Å². The minimum Gasteiger partial charge on any atom is -0.396 e. The Morgan fingerprint density at radius 3 is 3.14 bits per heavy atom. The van der Waals surface area contributed by atoms with Crippen molar-refractivity contribution in [3.8, 4) is 0 Å². The van der Waals surface area contributed by atoms with Crippen molar-refractivity contribution in [3.63, 3.8) is 0 Å². The molecule has 2 heterocycles. The molecule has 0 saturated carbocycles. The first-order valence-electron chi connectivity index (χ1n) is 7.41. The van der Waals surface area contributed by atoms with Crippen molar-refractivity contribution in [2.45, 2.75) is 31.3 Å². The van der Waals surface area contributed by atoms with Crippen LogP contribution in [0.2, 0.25) is 0 Å². The van der Waals surface area contributed by atoms with E-state index in [1.807, 2.05) is 17.1 Å².